The lowest BCUT2D eigenvalue weighted by Gasteiger charge is -2.06. The number of hydrogen-bond donors (Lipinski definition) is 1. The molecule has 0 aliphatic rings. The van der Waals surface area contributed by atoms with Gasteiger partial charge in [-0.05, 0) is 24.3 Å². The van der Waals surface area contributed by atoms with Crippen molar-refractivity contribution < 1.29 is 13.2 Å². The zero-order valence-electron chi connectivity index (χ0n) is 8.05. The third-order valence-corrected chi connectivity index (χ3v) is 1.93. The Balaban J connectivity index is 2.31. The molecule has 0 amide bonds. The van der Waals surface area contributed by atoms with E-state index in [9.17, 15) is 13.2 Å². The summed E-state index contributed by atoms with van der Waals surface area (Å²) >= 11 is 0. The summed E-state index contributed by atoms with van der Waals surface area (Å²) in [5.74, 6) is -2.57. The molecule has 0 aliphatic carbocycles. The average Bonchev–Trinajstić information content (AvgIpc) is 2.25. The van der Waals surface area contributed by atoms with Crippen molar-refractivity contribution in [3.05, 3.63) is 54.0 Å². The highest BCUT2D eigenvalue weighted by Crippen LogP contribution is 2.20. The van der Waals surface area contributed by atoms with Crippen LogP contribution >= 0.6 is 0 Å². The SMILES string of the molecule is Fc1cccc(Nc2cccc(F)c2F)n1. The van der Waals surface area contributed by atoms with E-state index in [-0.39, 0.29) is 11.5 Å². The van der Waals surface area contributed by atoms with Crippen LogP contribution in [0.4, 0.5) is 24.7 Å². The van der Waals surface area contributed by atoms with E-state index < -0.39 is 17.6 Å². The first-order chi connectivity index (χ1) is 7.66. The third kappa shape index (κ3) is 2.13. The van der Waals surface area contributed by atoms with E-state index in [1.807, 2.05) is 0 Å². The van der Waals surface area contributed by atoms with Gasteiger partial charge in [0.1, 0.15) is 5.82 Å². The lowest BCUT2D eigenvalue weighted by Crippen LogP contribution is -1.98. The summed E-state index contributed by atoms with van der Waals surface area (Å²) in [6.45, 7) is 0. The molecule has 1 aromatic heterocycles. The predicted octanol–water partition coefficient (Wildman–Crippen LogP) is 3.24. The van der Waals surface area contributed by atoms with Gasteiger partial charge < -0.3 is 5.32 Å². The smallest absolute Gasteiger partial charge is 0.214 e. The van der Waals surface area contributed by atoms with E-state index in [0.717, 1.165) is 12.1 Å². The van der Waals surface area contributed by atoms with Gasteiger partial charge in [-0.1, -0.05) is 12.1 Å². The third-order valence-electron chi connectivity index (χ3n) is 1.93. The first-order valence-electron chi connectivity index (χ1n) is 4.50. The van der Waals surface area contributed by atoms with Crippen molar-refractivity contribution in [2.45, 2.75) is 0 Å². The van der Waals surface area contributed by atoms with Gasteiger partial charge in [-0.3, -0.25) is 0 Å². The van der Waals surface area contributed by atoms with Crippen molar-refractivity contribution in [2.75, 3.05) is 5.32 Å². The Labute approximate surface area is 89.8 Å². The topological polar surface area (TPSA) is 24.9 Å². The highest BCUT2D eigenvalue weighted by atomic mass is 19.2. The Morgan fingerprint density at radius 1 is 0.938 bits per heavy atom. The number of anilines is 2. The monoisotopic (exact) mass is 224 g/mol. The highest BCUT2D eigenvalue weighted by Gasteiger charge is 2.07. The number of halogens is 3. The minimum atomic E-state index is -1.02. The summed E-state index contributed by atoms with van der Waals surface area (Å²) in [4.78, 5) is 3.47. The van der Waals surface area contributed by atoms with Crippen LogP contribution in [0.5, 0.6) is 0 Å². The Morgan fingerprint density at radius 3 is 2.44 bits per heavy atom. The second-order valence-corrected chi connectivity index (χ2v) is 3.07. The molecule has 0 unspecified atom stereocenters. The lowest BCUT2D eigenvalue weighted by atomic mass is 10.3. The lowest BCUT2D eigenvalue weighted by molar-refractivity contribution is 0.511. The average molecular weight is 224 g/mol. The van der Waals surface area contributed by atoms with Crippen LogP contribution in [0.15, 0.2) is 36.4 Å². The second-order valence-electron chi connectivity index (χ2n) is 3.07. The number of rotatable bonds is 2. The van der Waals surface area contributed by atoms with Gasteiger partial charge in [-0.2, -0.15) is 4.39 Å². The molecule has 0 fully saturated rings. The van der Waals surface area contributed by atoms with Crippen molar-refractivity contribution in [1.29, 1.82) is 0 Å². The first-order valence-corrected chi connectivity index (χ1v) is 4.50. The zero-order valence-corrected chi connectivity index (χ0v) is 8.05. The Hall–Kier alpha value is -2.04. The summed E-state index contributed by atoms with van der Waals surface area (Å²) in [7, 11) is 0. The van der Waals surface area contributed by atoms with Gasteiger partial charge in [-0.25, -0.2) is 13.8 Å². The molecule has 0 radical (unpaired) electrons. The van der Waals surface area contributed by atoms with Crippen molar-refractivity contribution >= 4 is 11.5 Å². The first kappa shape index (κ1) is 10.5. The summed E-state index contributed by atoms with van der Waals surface area (Å²) in [5.41, 5.74) is -0.0851. The largest absolute Gasteiger partial charge is 0.338 e. The van der Waals surface area contributed by atoms with Gasteiger partial charge in [0.25, 0.3) is 0 Å². The maximum atomic E-state index is 13.2. The van der Waals surface area contributed by atoms with Gasteiger partial charge in [0, 0.05) is 0 Å². The Kier molecular flexibility index (Phi) is 2.76. The van der Waals surface area contributed by atoms with Gasteiger partial charge in [-0.15, -0.1) is 0 Å². The molecular formula is C11H7F3N2. The molecule has 5 heteroatoms. The van der Waals surface area contributed by atoms with Crippen molar-refractivity contribution in [3.8, 4) is 0 Å². The predicted molar refractivity (Wildman–Crippen MR) is 53.8 cm³/mol. The molecule has 0 saturated carbocycles. The van der Waals surface area contributed by atoms with E-state index in [0.29, 0.717) is 0 Å². The Morgan fingerprint density at radius 2 is 1.69 bits per heavy atom. The number of pyridine rings is 1. The molecule has 1 aromatic carbocycles. The maximum absolute atomic E-state index is 13.2. The number of hydrogen-bond acceptors (Lipinski definition) is 2. The van der Waals surface area contributed by atoms with Gasteiger partial charge in [0.05, 0.1) is 5.69 Å². The fourth-order valence-corrected chi connectivity index (χ4v) is 1.22. The molecule has 2 nitrogen and oxygen atoms in total. The van der Waals surface area contributed by atoms with Crippen molar-refractivity contribution in [1.82, 2.24) is 4.98 Å². The quantitative estimate of drug-likeness (QED) is 0.792. The minimum Gasteiger partial charge on any atom is -0.338 e. The zero-order chi connectivity index (χ0) is 11.5. The summed E-state index contributed by atoms with van der Waals surface area (Å²) in [6, 6.07) is 7.72. The van der Waals surface area contributed by atoms with Crippen LogP contribution in [-0.4, -0.2) is 4.98 Å². The molecule has 16 heavy (non-hydrogen) atoms. The van der Waals surface area contributed by atoms with Crippen molar-refractivity contribution in [3.63, 3.8) is 0 Å². The number of nitrogens with one attached hydrogen (secondary N) is 1. The molecule has 82 valence electrons. The van der Waals surface area contributed by atoms with Gasteiger partial charge in [0.2, 0.25) is 5.95 Å². The minimum absolute atomic E-state index is 0.0851. The molecule has 1 N–H and O–H groups in total. The van der Waals surface area contributed by atoms with E-state index >= 15 is 0 Å². The standard InChI is InChI=1S/C11H7F3N2/c12-7-3-1-4-8(11(7)14)15-10-6-2-5-9(13)16-10/h1-6H,(H,15,16). The number of nitrogens with zero attached hydrogens (tertiary/aromatic N) is 1. The molecule has 2 rings (SSSR count). The summed E-state index contributed by atoms with van der Waals surface area (Å²) in [5, 5.41) is 2.49. The van der Waals surface area contributed by atoms with Crippen LogP contribution < -0.4 is 5.32 Å². The summed E-state index contributed by atoms with van der Waals surface area (Å²) in [6.07, 6.45) is 0. The van der Waals surface area contributed by atoms with E-state index in [2.05, 4.69) is 10.3 Å². The molecule has 1 heterocycles. The van der Waals surface area contributed by atoms with E-state index in [1.165, 1.54) is 24.3 Å². The number of benzene rings is 1. The van der Waals surface area contributed by atoms with Crippen LogP contribution in [0.25, 0.3) is 0 Å². The fourth-order valence-electron chi connectivity index (χ4n) is 1.22. The van der Waals surface area contributed by atoms with Crippen LogP contribution in [0.1, 0.15) is 0 Å². The van der Waals surface area contributed by atoms with E-state index in [4.69, 9.17) is 0 Å². The molecule has 0 saturated heterocycles. The molecule has 0 aliphatic heterocycles. The Bertz CT molecular complexity index is 514. The second kappa shape index (κ2) is 4.22. The molecular weight excluding hydrogens is 217 g/mol. The van der Waals surface area contributed by atoms with E-state index in [1.54, 1.807) is 0 Å². The maximum Gasteiger partial charge on any atom is 0.214 e. The van der Waals surface area contributed by atoms with Gasteiger partial charge >= 0.3 is 0 Å². The molecule has 0 bridgehead atoms. The van der Waals surface area contributed by atoms with Crippen LogP contribution in [0.3, 0.4) is 0 Å². The molecule has 0 spiro atoms. The van der Waals surface area contributed by atoms with Crippen LogP contribution in [-0.2, 0) is 0 Å². The normalized spacial score (nSPS) is 10.2. The molecule has 2 aromatic rings. The highest BCUT2D eigenvalue weighted by molar-refractivity contribution is 5.56. The summed E-state index contributed by atoms with van der Waals surface area (Å²) < 4.78 is 38.8. The number of aromatic nitrogens is 1. The van der Waals surface area contributed by atoms with Gasteiger partial charge in [0.15, 0.2) is 11.6 Å². The van der Waals surface area contributed by atoms with Crippen LogP contribution in [0.2, 0.25) is 0 Å². The fraction of sp³-hybridized carbons (Fsp3) is 0. The molecule has 0 atom stereocenters. The van der Waals surface area contributed by atoms with Crippen molar-refractivity contribution in [2.24, 2.45) is 0 Å². The van der Waals surface area contributed by atoms with Crippen LogP contribution in [0, 0.1) is 17.6 Å².